The third-order valence-corrected chi connectivity index (χ3v) is 3.67. The van der Waals surface area contributed by atoms with Crippen molar-refractivity contribution in [2.75, 3.05) is 0 Å². The van der Waals surface area contributed by atoms with Gasteiger partial charge in [0.25, 0.3) is 0 Å². The molecule has 0 radical (unpaired) electrons. The van der Waals surface area contributed by atoms with Crippen LogP contribution in [0.25, 0.3) is 10.2 Å². The first-order valence-corrected chi connectivity index (χ1v) is 6.35. The number of thiazole rings is 1. The predicted molar refractivity (Wildman–Crippen MR) is 70.5 cm³/mol. The summed E-state index contributed by atoms with van der Waals surface area (Å²) in [7, 11) is 0. The highest BCUT2D eigenvalue weighted by atomic mass is 32.1. The first kappa shape index (κ1) is 11.2. The summed E-state index contributed by atoms with van der Waals surface area (Å²) in [6, 6.07) is 12.0. The van der Waals surface area contributed by atoms with Crippen LogP contribution in [0, 0.1) is 5.82 Å². The SMILES string of the molecule is Oc1cc(F)cc(Cc2nc3ccccc3s2)c1. The highest BCUT2D eigenvalue weighted by molar-refractivity contribution is 7.18. The monoisotopic (exact) mass is 259 g/mol. The van der Waals surface area contributed by atoms with Gasteiger partial charge in [-0.1, -0.05) is 12.1 Å². The number of aromatic nitrogens is 1. The van der Waals surface area contributed by atoms with Gasteiger partial charge in [-0.05, 0) is 29.8 Å². The second-order valence-corrected chi connectivity index (χ2v) is 5.18. The Labute approximate surface area is 107 Å². The molecule has 2 nitrogen and oxygen atoms in total. The summed E-state index contributed by atoms with van der Waals surface area (Å²) in [6.45, 7) is 0. The summed E-state index contributed by atoms with van der Waals surface area (Å²) in [5.74, 6) is -0.475. The van der Waals surface area contributed by atoms with Crippen LogP contribution in [-0.2, 0) is 6.42 Å². The molecule has 1 N–H and O–H groups in total. The van der Waals surface area contributed by atoms with E-state index in [1.54, 1.807) is 17.4 Å². The molecule has 0 saturated heterocycles. The molecule has 0 fully saturated rings. The summed E-state index contributed by atoms with van der Waals surface area (Å²) in [5, 5.41) is 10.3. The van der Waals surface area contributed by atoms with Crippen molar-refractivity contribution >= 4 is 21.6 Å². The number of nitrogens with zero attached hydrogens (tertiary/aromatic N) is 1. The van der Waals surface area contributed by atoms with Crippen molar-refractivity contribution in [3.05, 3.63) is 58.9 Å². The molecule has 0 aliphatic carbocycles. The van der Waals surface area contributed by atoms with Crippen molar-refractivity contribution in [1.29, 1.82) is 0 Å². The van der Waals surface area contributed by atoms with Gasteiger partial charge in [-0.25, -0.2) is 9.37 Å². The maximum Gasteiger partial charge on any atom is 0.127 e. The van der Waals surface area contributed by atoms with Crippen LogP contribution in [0.15, 0.2) is 42.5 Å². The quantitative estimate of drug-likeness (QED) is 0.760. The number of phenols is 1. The van der Waals surface area contributed by atoms with Crippen molar-refractivity contribution in [2.45, 2.75) is 6.42 Å². The van der Waals surface area contributed by atoms with Gasteiger partial charge in [0, 0.05) is 12.5 Å². The zero-order valence-corrected chi connectivity index (χ0v) is 10.2. The third-order valence-electron chi connectivity index (χ3n) is 2.64. The maximum atomic E-state index is 13.2. The number of fused-ring (bicyclic) bond motifs is 1. The van der Waals surface area contributed by atoms with E-state index >= 15 is 0 Å². The van der Waals surface area contributed by atoms with Gasteiger partial charge in [-0.15, -0.1) is 11.3 Å². The van der Waals surface area contributed by atoms with E-state index in [1.165, 1.54) is 6.07 Å². The van der Waals surface area contributed by atoms with Crippen molar-refractivity contribution in [3.8, 4) is 5.75 Å². The number of rotatable bonds is 2. The van der Waals surface area contributed by atoms with Gasteiger partial charge in [-0.3, -0.25) is 0 Å². The Hall–Kier alpha value is -1.94. The highest BCUT2D eigenvalue weighted by Gasteiger charge is 2.06. The average molecular weight is 259 g/mol. The van der Waals surface area contributed by atoms with E-state index in [4.69, 9.17) is 0 Å². The second-order valence-electron chi connectivity index (χ2n) is 4.07. The van der Waals surface area contributed by atoms with Crippen LogP contribution in [0.3, 0.4) is 0 Å². The van der Waals surface area contributed by atoms with Crippen LogP contribution < -0.4 is 0 Å². The molecule has 0 spiro atoms. The lowest BCUT2D eigenvalue weighted by molar-refractivity contribution is 0.468. The van der Waals surface area contributed by atoms with Crippen LogP contribution in [0.1, 0.15) is 10.6 Å². The lowest BCUT2D eigenvalue weighted by Crippen LogP contribution is -1.88. The van der Waals surface area contributed by atoms with Crippen molar-refractivity contribution in [1.82, 2.24) is 4.98 Å². The smallest absolute Gasteiger partial charge is 0.127 e. The zero-order valence-electron chi connectivity index (χ0n) is 9.43. The average Bonchev–Trinajstić information content (AvgIpc) is 2.69. The van der Waals surface area contributed by atoms with Crippen LogP contribution in [0.4, 0.5) is 4.39 Å². The Morgan fingerprint density at radius 1 is 1.17 bits per heavy atom. The minimum absolute atomic E-state index is 0.0499. The first-order valence-electron chi connectivity index (χ1n) is 5.53. The standard InChI is InChI=1S/C14H10FNOS/c15-10-5-9(6-11(17)8-10)7-14-16-12-3-1-2-4-13(12)18-14/h1-6,8,17H,7H2. The molecule has 90 valence electrons. The molecule has 0 aliphatic rings. The van der Waals surface area contributed by atoms with E-state index < -0.39 is 5.82 Å². The summed E-state index contributed by atoms with van der Waals surface area (Å²) in [4.78, 5) is 4.48. The van der Waals surface area contributed by atoms with Gasteiger partial charge in [0.2, 0.25) is 0 Å². The minimum Gasteiger partial charge on any atom is -0.508 e. The number of phenolic OH excluding ortho intramolecular Hbond substituents is 1. The molecule has 4 heteroatoms. The predicted octanol–water partition coefficient (Wildman–Crippen LogP) is 3.73. The van der Waals surface area contributed by atoms with Gasteiger partial charge in [-0.2, -0.15) is 0 Å². The Bertz CT molecular complexity index is 655. The van der Waals surface area contributed by atoms with E-state index in [2.05, 4.69) is 4.98 Å². The maximum absolute atomic E-state index is 13.2. The molecule has 0 unspecified atom stereocenters. The number of halogens is 1. The summed E-state index contributed by atoms with van der Waals surface area (Å²) in [6.07, 6.45) is 0.532. The molecule has 0 atom stereocenters. The normalized spacial score (nSPS) is 10.9. The summed E-state index contributed by atoms with van der Waals surface area (Å²) < 4.78 is 14.3. The molecule has 0 aliphatic heterocycles. The first-order chi connectivity index (χ1) is 8.70. The highest BCUT2D eigenvalue weighted by Crippen LogP contribution is 2.25. The third kappa shape index (κ3) is 2.19. The fourth-order valence-electron chi connectivity index (χ4n) is 1.91. The van der Waals surface area contributed by atoms with E-state index in [0.29, 0.717) is 6.42 Å². The molecule has 2 aromatic carbocycles. The Kier molecular flexibility index (Phi) is 2.72. The molecule has 0 bridgehead atoms. The largest absolute Gasteiger partial charge is 0.508 e. The Morgan fingerprint density at radius 3 is 2.78 bits per heavy atom. The number of benzene rings is 2. The topological polar surface area (TPSA) is 33.1 Å². The molecular weight excluding hydrogens is 249 g/mol. The number of hydrogen-bond donors (Lipinski definition) is 1. The molecule has 3 rings (SSSR count). The Balaban J connectivity index is 1.96. The Morgan fingerprint density at radius 2 is 2.00 bits per heavy atom. The van der Waals surface area contributed by atoms with Crippen molar-refractivity contribution in [3.63, 3.8) is 0 Å². The lowest BCUT2D eigenvalue weighted by atomic mass is 10.1. The number of aromatic hydroxyl groups is 1. The van der Waals surface area contributed by atoms with Crippen LogP contribution in [-0.4, -0.2) is 10.1 Å². The van der Waals surface area contributed by atoms with E-state index in [0.717, 1.165) is 26.9 Å². The van der Waals surface area contributed by atoms with Crippen LogP contribution in [0.5, 0.6) is 5.75 Å². The number of hydrogen-bond acceptors (Lipinski definition) is 3. The molecule has 1 aromatic heterocycles. The fraction of sp³-hybridized carbons (Fsp3) is 0.0714. The fourth-order valence-corrected chi connectivity index (χ4v) is 2.91. The van der Waals surface area contributed by atoms with Crippen LogP contribution in [0.2, 0.25) is 0 Å². The lowest BCUT2D eigenvalue weighted by Gasteiger charge is -1.99. The minimum atomic E-state index is -0.425. The van der Waals surface area contributed by atoms with Gasteiger partial charge < -0.3 is 5.11 Å². The molecule has 0 amide bonds. The molecule has 3 aromatic rings. The van der Waals surface area contributed by atoms with Crippen LogP contribution >= 0.6 is 11.3 Å². The molecule has 1 heterocycles. The summed E-state index contributed by atoms with van der Waals surface area (Å²) in [5.41, 5.74) is 1.68. The van der Waals surface area contributed by atoms with Gasteiger partial charge in [0.15, 0.2) is 0 Å². The van der Waals surface area contributed by atoms with Crippen molar-refractivity contribution in [2.24, 2.45) is 0 Å². The van der Waals surface area contributed by atoms with Gasteiger partial charge >= 0.3 is 0 Å². The summed E-state index contributed by atoms with van der Waals surface area (Å²) >= 11 is 1.59. The van der Waals surface area contributed by atoms with E-state index in [-0.39, 0.29) is 5.75 Å². The second kappa shape index (κ2) is 4.38. The number of para-hydroxylation sites is 1. The van der Waals surface area contributed by atoms with Gasteiger partial charge in [0.1, 0.15) is 11.6 Å². The molecule has 0 saturated carbocycles. The molecular formula is C14H10FNOS. The van der Waals surface area contributed by atoms with E-state index in [1.807, 2.05) is 24.3 Å². The molecule has 18 heavy (non-hydrogen) atoms. The van der Waals surface area contributed by atoms with Gasteiger partial charge in [0.05, 0.1) is 15.2 Å². The van der Waals surface area contributed by atoms with Crippen molar-refractivity contribution < 1.29 is 9.50 Å². The van der Waals surface area contributed by atoms with E-state index in [9.17, 15) is 9.50 Å². The zero-order chi connectivity index (χ0) is 12.5.